The molecule has 0 heterocycles. The average Bonchev–Trinajstić information content (AvgIpc) is 2.41. The third-order valence-electron chi connectivity index (χ3n) is 3.30. The van der Waals surface area contributed by atoms with Crippen molar-refractivity contribution in [3.8, 4) is 0 Å². The predicted octanol–water partition coefficient (Wildman–Crippen LogP) is 3.78. The topological polar surface area (TPSA) is 20.3 Å². The van der Waals surface area contributed by atoms with Gasteiger partial charge in [0.15, 0.2) is 0 Å². The zero-order chi connectivity index (χ0) is 14.3. The SMILES string of the molecule is CCC(CC)N(CCBr)C(=O)Cc1ccc(F)cc1. The molecule has 0 saturated heterocycles. The van der Waals surface area contributed by atoms with Crippen molar-refractivity contribution in [3.63, 3.8) is 0 Å². The molecule has 1 aromatic rings. The number of hydrogen-bond acceptors (Lipinski definition) is 1. The van der Waals surface area contributed by atoms with Gasteiger partial charge in [-0.2, -0.15) is 0 Å². The van der Waals surface area contributed by atoms with Gasteiger partial charge in [-0.1, -0.05) is 41.9 Å². The lowest BCUT2D eigenvalue weighted by Crippen LogP contribution is -2.41. The number of carbonyl (C=O) groups is 1. The van der Waals surface area contributed by atoms with Crippen LogP contribution in [0.25, 0.3) is 0 Å². The Morgan fingerprint density at radius 3 is 2.32 bits per heavy atom. The number of benzene rings is 1. The molecule has 0 atom stereocenters. The van der Waals surface area contributed by atoms with E-state index in [-0.39, 0.29) is 17.8 Å². The highest BCUT2D eigenvalue weighted by atomic mass is 79.9. The van der Waals surface area contributed by atoms with Gasteiger partial charge in [0.2, 0.25) is 5.91 Å². The molecule has 1 rings (SSSR count). The van der Waals surface area contributed by atoms with Crippen molar-refractivity contribution >= 4 is 21.8 Å². The summed E-state index contributed by atoms with van der Waals surface area (Å²) in [6.45, 7) is 4.91. The van der Waals surface area contributed by atoms with Crippen LogP contribution in [0, 0.1) is 5.82 Å². The smallest absolute Gasteiger partial charge is 0.227 e. The Morgan fingerprint density at radius 2 is 1.84 bits per heavy atom. The van der Waals surface area contributed by atoms with Gasteiger partial charge in [0.25, 0.3) is 0 Å². The molecule has 0 fully saturated rings. The van der Waals surface area contributed by atoms with Crippen LogP contribution in [0.2, 0.25) is 0 Å². The van der Waals surface area contributed by atoms with Crippen LogP contribution in [0.5, 0.6) is 0 Å². The summed E-state index contributed by atoms with van der Waals surface area (Å²) >= 11 is 3.40. The maximum Gasteiger partial charge on any atom is 0.227 e. The first-order valence-electron chi connectivity index (χ1n) is 6.72. The van der Waals surface area contributed by atoms with Crippen LogP contribution in [-0.4, -0.2) is 28.7 Å². The predicted molar refractivity (Wildman–Crippen MR) is 80.0 cm³/mol. The standard InChI is InChI=1S/C15H21BrFNO/c1-3-14(4-2)18(10-9-16)15(19)11-12-5-7-13(17)8-6-12/h5-8,14H,3-4,9-11H2,1-2H3. The van der Waals surface area contributed by atoms with Crippen LogP contribution < -0.4 is 0 Å². The van der Waals surface area contributed by atoms with Gasteiger partial charge in [0.1, 0.15) is 5.82 Å². The number of amides is 1. The molecule has 1 aromatic carbocycles. The zero-order valence-corrected chi connectivity index (χ0v) is 13.1. The molecule has 0 spiro atoms. The summed E-state index contributed by atoms with van der Waals surface area (Å²) < 4.78 is 12.8. The largest absolute Gasteiger partial charge is 0.339 e. The van der Waals surface area contributed by atoms with E-state index in [2.05, 4.69) is 29.8 Å². The molecule has 0 bridgehead atoms. The van der Waals surface area contributed by atoms with E-state index in [1.807, 2.05) is 4.90 Å². The zero-order valence-electron chi connectivity index (χ0n) is 11.5. The van der Waals surface area contributed by atoms with E-state index in [9.17, 15) is 9.18 Å². The van der Waals surface area contributed by atoms with Gasteiger partial charge in [-0.3, -0.25) is 4.79 Å². The summed E-state index contributed by atoms with van der Waals surface area (Å²) in [5.74, 6) is -0.159. The summed E-state index contributed by atoms with van der Waals surface area (Å²) in [6.07, 6.45) is 2.25. The third kappa shape index (κ3) is 4.94. The Balaban J connectivity index is 2.73. The Morgan fingerprint density at radius 1 is 1.26 bits per heavy atom. The van der Waals surface area contributed by atoms with Crippen molar-refractivity contribution in [2.24, 2.45) is 0 Å². The first kappa shape index (κ1) is 16.2. The monoisotopic (exact) mass is 329 g/mol. The highest BCUT2D eigenvalue weighted by Gasteiger charge is 2.20. The van der Waals surface area contributed by atoms with E-state index in [1.54, 1.807) is 12.1 Å². The molecule has 0 aliphatic rings. The van der Waals surface area contributed by atoms with Gasteiger partial charge in [0.05, 0.1) is 6.42 Å². The Kier molecular flexibility index (Phi) is 7.06. The van der Waals surface area contributed by atoms with Gasteiger partial charge < -0.3 is 4.90 Å². The quantitative estimate of drug-likeness (QED) is 0.697. The summed E-state index contributed by atoms with van der Waals surface area (Å²) in [6, 6.07) is 6.42. The van der Waals surface area contributed by atoms with Crippen LogP contribution in [0.4, 0.5) is 4.39 Å². The van der Waals surface area contributed by atoms with Gasteiger partial charge in [-0.05, 0) is 30.5 Å². The van der Waals surface area contributed by atoms with Crippen molar-refractivity contribution in [2.75, 3.05) is 11.9 Å². The summed E-state index contributed by atoms with van der Waals surface area (Å²) in [4.78, 5) is 14.3. The van der Waals surface area contributed by atoms with Crippen molar-refractivity contribution in [1.82, 2.24) is 4.90 Å². The molecule has 0 N–H and O–H groups in total. The molecule has 4 heteroatoms. The fourth-order valence-electron chi connectivity index (χ4n) is 2.21. The van der Waals surface area contributed by atoms with E-state index < -0.39 is 0 Å². The van der Waals surface area contributed by atoms with Crippen LogP contribution in [0.3, 0.4) is 0 Å². The molecule has 2 nitrogen and oxygen atoms in total. The van der Waals surface area contributed by atoms with E-state index in [0.29, 0.717) is 13.0 Å². The molecule has 0 aromatic heterocycles. The molecule has 19 heavy (non-hydrogen) atoms. The number of nitrogens with zero attached hydrogens (tertiary/aromatic N) is 1. The van der Waals surface area contributed by atoms with Gasteiger partial charge >= 0.3 is 0 Å². The van der Waals surface area contributed by atoms with Crippen LogP contribution >= 0.6 is 15.9 Å². The number of rotatable bonds is 7. The molecule has 0 aliphatic carbocycles. The van der Waals surface area contributed by atoms with Crippen LogP contribution in [-0.2, 0) is 11.2 Å². The van der Waals surface area contributed by atoms with Gasteiger partial charge in [0, 0.05) is 17.9 Å². The first-order valence-corrected chi connectivity index (χ1v) is 7.84. The average molecular weight is 330 g/mol. The summed E-state index contributed by atoms with van der Waals surface area (Å²) in [5, 5.41) is 0.776. The number of halogens is 2. The minimum atomic E-state index is -0.270. The normalized spacial score (nSPS) is 10.8. The lowest BCUT2D eigenvalue weighted by Gasteiger charge is -2.30. The number of carbonyl (C=O) groups excluding carboxylic acids is 1. The van der Waals surface area contributed by atoms with Crippen molar-refractivity contribution in [3.05, 3.63) is 35.6 Å². The molecule has 0 radical (unpaired) electrons. The number of alkyl halides is 1. The summed E-state index contributed by atoms with van der Waals surface area (Å²) in [5.41, 5.74) is 0.858. The van der Waals surface area contributed by atoms with Crippen molar-refractivity contribution in [1.29, 1.82) is 0 Å². The minimum absolute atomic E-state index is 0.111. The van der Waals surface area contributed by atoms with Crippen molar-refractivity contribution in [2.45, 2.75) is 39.2 Å². The van der Waals surface area contributed by atoms with Gasteiger partial charge in [-0.25, -0.2) is 4.39 Å². The maximum absolute atomic E-state index is 12.8. The second-order valence-corrected chi connectivity index (χ2v) is 5.34. The Bertz CT molecular complexity index is 390. The molecule has 0 saturated carbocycles. The minimum Gasteiger partial charge on any atom is -0.339 e. The molecular formula is C15H21BrFNO. The second kappa shape index (κ2) is 8.31. The lowest BCUT2D eigenvalue weighted by atomic mass is 10.1. The van der Waals surface area contributed by atoms with E-state index in [1.165, 1.54) is 12.1 Å². The molecule has 0 unspecified atom stereocenters. The van der Waals surface area contributed by atoms with Crippen LogP contribution in [0.1, 0.15) is 32.3 Å². The fraction of sp³-hybridized carbons (Fsp3) is 0.533. The van der Waals surface area contributed by atoms with E-state index in [0.717, 1.165) is 23.7 Å². The molecule has 1 amide bonds. The third-order valence-corrected chi connectivity index (χ3v) is 3.65. The lowest BCUT2D eigenvalue weighted by molar-refractivity contribution is -0.132. The molecule has 0 aliphatic heterocycles. The van der Waals surface area contributed by atoms with Crippen molar-refractivity contribution < 1.29 is 9.18 Å². The van der Waals surface area contributed by atoms with Gasteiger partial charge in [-0.15, -0.1) is 0 Å². The van der Waals surface area contributed by atoms with E-state index >= 15 is 0 Å². The maximum atomic E-state index is 12.8. The van der Waals surface area contributed by atoms with Crippen LogP contribution in [0.15, 0.2) is 24.3 Å². The fourth-order valence-corrected chi connectivity index (χ4v) is 2.59. The highest BCUT2D eigenvalue weighted by Crippen LogP contribution is 2.12. The Labute approximate surface area is 123 Å². The van der Waals surface area contributed by atoms with E-state index in [4.69, 9.17) is 0 Å². The first-order chi connectivity index (χ1) is 9.12. The second-order valence-electron chi connectivity index (χ2n) is 4.55. The molecule has 106 valence electrons. The summed E-state index contributed by atoms with van der Waals surface area (Å²) in [7, 11) is 0. The highest BCUT2D eigenvalue weighted by molar-refractivity contribution is 9.09. The number of hydrogen-bond donors (Lipinski definition) is 0. The molecular weight excluding hydrogens is 309 g/mol. The Hall–Kier alpha value is -0.900.